The first-order chi connectivity index (χ1) is 11.8. The zero-order valence-corrected chi connectivity index (χ0v) is 13.4. The van der Waals surface area contributed by atoms with Gasteiger partial charge in [-0.15, -0.1) is 0 Å². The molecule has 0 fully saturated rings. The number of carbonyl (C=O) groups excluding carboxylic acids is 1. The number of ether oxygens (including phenoxy) is 1. The highest BCUT2D eigenvalue weighted by molar-refractivity contribution is 6.31. The summed E-state index contributed by atoms with van der Waals surface area (Å²) in [5, 5.41) is 5.61. The number of hydrogen-bond acceptors (Lipinski definition) is 3. The van der Waals surface area contributed by atoms with Crippen LogP contribution in [-0.2, 0) is 9.53 Å². The Labute approximate surface area is 140 Å². The molecule has 0 spiro atoms. The monoisotopic (exact) mass is 315 g/mol. The Balaban J connectivity index is 2.03. The molecule has 3 aromatic carbocycles. The highest BCUT2D eigenvalue weighted by Gasteiger charge is 2.27. The second kappa shape index (κ2) is 5.85. The first-order valence-corrected chi connectivity index (χ1v) is 8.05. The zero-order valence-electron chi connectivity index (χ0n) is 13.4. The quantitative estimate of drug-likeness (QED) is 0.712. The third-order valence-electron chi connectivity index (χ3n) is 4.23. The van der Waals surface area contributed by atoms with Gasteiger partial charge in [0.1, 0.15) is 0 Å². The molecule has 1 aliphatic rings. The predicted molar refractivity (Wildman–Crippen MR) is 97.5 cm³/mol. The van der Waals surface area contributed by atoms with Gasteiger partial charge in [0.25, 0.3) is 0 Å². The maximum Gasteiger partial charge on any atom is 0.340 e. The molecule has 0 saturated carbocycles. The van der Waals surface area contributed by atoms with Gasteiger partial charge in [0.05, 0.1) is 17.9 Å². The van der Waals surface area contributed by atoms with E-state index in [1.54, 1.807) is 0 Å². The van der Waals surface area contributed by atoms with Crippen LogP contribution in [0.25, 0.3) is 22.0 Å². The van der Waals surface area contributed by atoms with Crippen molar-refractivity contribution >= 4 is 33.7 Å². The molecule has 1 N–H and O–H groups in total. The first-order valence-electron chi connectivity index (χ1n) is 8.05. The summed E-state index contributed by atoms with van der Waals surface area (Å²) in [7, 11) is 0. The van der Waals surface area contributed by atoms with E-state index in [2.05, 4.69) is 17.4 Å². The van der Waals surface area contributed by atoms with Crippen molar-refractivity contribution in [2.24, 2.45) is 0 Å². The van der Waals surface area contributed by atoms with Gasteiger partial charge >= 0.3 is 5.97 Å². The van der Waals surface area contributed by atoms with Gasteiger partial charge in [-0.25, -0.2) is 4.79 Å². The molecule has 3 nitrogen and oxygen atoms in total. The summed E-state index contributed by atoms with van der Waals surface area (Å²) in [5.74, 6) is -0.300. The summed E-state index contributed by atoms with van der Waals surface area (Å²) in [5.41, 5.74) is 4.27. The average molecular weight is 315 g/mol. The summed E-state index contributed by atoms with van der Waals surface area (Å²) < 4.78 is 5.34. The van der Waals surface area contributed by atoms with Crippen LogP contribution in [0.15, 0.2) is 66.7 Å². The van der Waals surface area contributed by atoms with Crippen molar-refractivity contribution in [3.8, 4) is 0 Å². The lowest BCUT2D eigenvalue weighted by Crippen LogP contribution is -2.16. The highest BCUT2D eigenvalue weighted by atomic mass is 16.5. The molecule has 0 amide bonds. The van der Waals surface area contributed by atoms with E-state index in [0.717, 1.165) is 33.3 Å². The van der Waals surface area contributed by atoms with E-state index in [4.69, 9.17) is 4.74 Å². The molecular formula is C21H17NO2. The average Bonchev–Trinajstić information content (AvgIpc) is 2.63. The van der Waals surface area contributed by atoms with Crippen molar-refractivity contribution < 1.29 is 9.53 Å². The van der Waals surface area contributed by atoms with Gasteiger partial charge in [0.2, 0.25) is 0 Å². The minimum absolute atomic E-state index is 0.300. The number of anilines is 1. The smallest absolute Gasteiger partial charge is 0.340 e. The van der Waals surface area contributed by atoms with Gasteiger partial charge < -0.3 is 10.1 Å². The number of hydrogen-bond donors (Lipinski definition) is 1. The van der Waals surface area contributed by atoms with E-state index in [9.17, 15) is 4.79 Å². The second-order valence-corrected chi connectivity index (χ2v) is 5.67. The van der Waals surface area contributed by atoms with Crippen molar-refractivity contribution in [2.75, 3.05) is 11.9 Å². The topological polar surface area (TPSA) is 38.3 Å². The molecule has 0 radical (unpaired) electrons. The van der Waals surface area contributed by atoms with Crippen molar-refractivity contribution in [1.29, 1.82) is 0 Å². The fraction of sp³-hybridized carbons (Fsp3) is 0.0952. The van der Waals surface area contributed by atoms with Gasteiger partial charge in [-0.1, -0.05) is 60.7 Å². The predicted octanol–water partition coefficient (Wildman–Crippen LogP) is 4.70. The molecule has 24 heavy (non-hydrogen) atoms. The third kappa shape index (κ3) is 2.26. The van der Waals surface area contributed by atoms with Crippen molar-refractivity contribution in [3.63, 3.8) is 0 Å². The molecule has 0 aliphatic carbocycles. The van der Waals surface area contributed by atoms with Gasteiger partial charge in [-0.3, -0.25) is 0 Å². The van der Waals surface area contributed by atoms with Crippen LogP contribution in [0.1, 0.15) is 18.1 Å². The van der Waals surface area contributed by atoms with E-state index < -0.39 is 0 Å². The van der Waals surface area contributed by atoms with E-state index in [1.807, 2.05) is 61.5 Å². The standard InChI is InChI=1S/C21H17NO2/c1-2-24-21(23)19-16-12-6-10-14-11-7-13-17(18(14)16)22-20(19)15-8-4-3-5-9-15/h3-13,22H,2H2,1H3. The van der Waals surface area contributed by atoms with Crippen molar-refractivity contribution in [2.45, 2.75) is 6.92 Å². The molecule has 0 unspecified atom stereocenters. The van der Waals surface area contributed by atoms with Gasteiger partial charge in [-0.05, 0) is 23.9 Å². The maximum absolute atomic E-state index is 12.7. The Morgan fingerprint density at radius 1 is 0.958 bits per heavy atom. The van der Waals surface area contributed by atoms with Crippen LogP contribution in [-0.4, -0.2) is 12.6 Å². The van der Waals surface area contributed by atoms with Gasteiger partial charge in [0, 0.05) is 16.6 Å². The number of carbonyl (C=O) groups is 1. The van der Waals surface area contributed by atoms with Crippen LogP contribution in [0.2, 0.25) is 0 Å². The minimum atomic E-state index is -0.300. The molecule has 1 aliphatic heterocycles. The lowest BCUT2D eigenvalue weighted by Gasteiger charge is -2.24. The number of rotatable bonds is 3. The van der Waals surface area contributed by atoms with Crippen LogP contribution >= 0.6 is 0 Å². The fourth-order valence-electron chi connectivity index (χ4n) is 3.22. The van der Waals surface area contributed by atoms with Crippen LogP contribution in [0, 0.1) is 0 Å². The van der Waals surface area contributed by atoms with Gasteiger partial charge in [-0.2, -0.15) is 0 Å². The maximum atomic E-state index is 12.7. The summed E-state index contributed by atoms with van der Waals surface area (Å²) in [6, 6.07) is 22.0. The molecule has 4 rings (SSSR count). The highest BCUT2D eigenvalue weighted by Crippen LogP contribution is 2.41. The molecule has 3 aromatic rings. The third-order valence-corrected chi connectivity index (χ3v) is 4.23. The SMILES string of the molecule is CCOC(=O)C1=C(c2ccccc2)Nc2cccc3cccc1c23. The summed E-state index contributed by atoms with van der Waals surface area (Å²) in [4.78, 5) is 12.7. The van der Waals surface area contributed by atoms with Crippen LogP contribution in [0.3, 0.4) is 0 Å². The van der Waals surface area contributed by atoms with Crippen molar-refractivity contribution in [1.82, 2.24) is 0 Å². The zero-order chi connectivity index (χ0) is 16.5. The Kier molecular flexibility index (Phi) is 3.54. The molecular weight excluding hydrogens is 298 g/mol. The normalized spacial score (nSPS) is 12.9. The second-order valence-electron chi connectivity index (χ2n) is 5.67. The minimum Gasteiger partial charge on any atom is -0.462 e. The number of nitrogens with one attached hydrogen (secondary N) is 1. The largest absolute Gasteiger partial charge is 0.462 e. The number of benzene rings is 3. The Morgan fingerprint density at radius 3 is 2.46 bits per heavy atom. The van der Waals surface area contributed by atoms with E-state index in [-0.39, 0.29) is 5.97 Å². The van der Waals surface area contributed by atoms with E-state index >= 15 is 0 Å². The molecule has 3 heteroatoms. The molecule has 118 valence electrons. The Hall–Kier alpha value is -3.07. The molecule has 0 atom stereocenters. The van der Waals surface area contributed by atoms with E-state index in [0.29, 0.717) is 12.2 Å². The van der Waals surface area contributed by atoms with Crippen LogP contribution < -0.4 is 5.32 Å². The summed E-state index contributed by atoms with van der Waals surface area (Å²) >= 11 is 0. The van der Waals surface area contributed by atoms with Crippen LogP contribution in [0.5, 0.6) is 0 Å². The van der Waals surface area contributed by atoms with Crippen LogP contribution in [0.4, 0.5) is 5.69 Å². The fourth-order valence-corrected chi connectivity index (χ4v) is 3.22. The lowest BCUT2D eigenvalue weighted by atomic mass is 9.90. The lowest BCUT2D eigenvalue weighted by molar-refractivity contribution is -0.136. The Bertz CT molecular complexity index is 953. The molecule has 1 heterocycles. The Morgan fingerprint density at radius 2 is 1.71 bits per heavy atom. The van der Waals surface area contributed by atoms with Gasteiger partial charge in [0.15, 0.2) is 0 Å². The summed E-state index contributed by atoms with van der Waals surface area (Å²) in [6.45, 7) is 2.17. The molecule has 0 aromatic heterocycles. The number of esters is 1. The van der Waals surface area contributed by atoms with E-state index in [1.165, 1.54) is 0 Å². The first kappa shape index (κ1) is 14.5. The molecule has 0 bridgehead atoms. The van der Waals surface area contributed by atoms with Crippen molar-refractivity contribution in [3.05, 3.63) is 77.9 Å². The molecule has 0 saturated heterocycles. The summed E-state index contributed by atoms with van der Waals surface area (Å²) in [6.07, 6.45) is 0.